The van der Waals surface area contributed by atoms with Gasteiger partial charge in [0.2, 0.25) is 11.6 Å². The molecule has 2 aromatic rings. The second-order valence-electron chi connectivity index (χ2n) is 10.8. The lowest BCUT2D eigenvalue weighted by molar-refractivity contribution is -0.160. The van der Waals surface area contributed by atoms with Crippen LogP contribution in [0.1, 0.15) is 39.2 Å². The van der Waals surface area contributed by atoms with Gasteiger partial charge in [-0.15, -0.1) is 0 Å². The summed E-state index contributed by atoms with van der Waals surface area (Å²) in [5.74, 6) is -2.94. The van der Waals surface area contributed by atoms with Crippen molar-refractivity contribution in [3.8, 4) is 0 Å². The Hall–Kier alpha value is -3.12. The molecule has 4 N–H and O–H groups in total. The molecule has 0 spiro atoms. The molecule has 0 radical (unpaired) electrons. The third-order valence-corrected chi connectivity index (χ3v) is 6.45. The Morgan fingerprint density at radius 3 is 2.57 bits per heavy atom. The molecule has 0 saturated carbocycles. The smallest absolute Gasteiger partial charge is 0.451 e. The van der Waals surface area contributed by atoms with E-state index < -0.39 is 54.9 Å². The van der Waals surface area contributed by atoms with Gasteiger partial charge in [0.25, 0.3) is 0 Å². The van der Waals surface area contributed by atoms with Crippen LogP contribution in [-0.4, -0.2) is 80.1 Å². The number of carboxylic acid groups (broad SMARTS) is 1. The first kappa shape index (κ1) is 28.5. The summed E-state index contributed by atoms with van der Waals surface area (Å²) in [6.07, 6.45) is 0.772. The van der Waals surface area contributed by atoms with Crippen LogP contribution in [0.25, 0.3) is 10.9 Å². The fourth-order valence-corrected chi connectivity index (χ4v) is 4.84. The molecule has 202 valence electrons. The average Bonchev–Trinajstić information content (AvgIpc) is 3.10. The summed E-state index contributed by atoms with van der Waals surface area (Å²) >= 11 is 0. The highest BCUT2D eigenvalue weighted by Crippen LogP contribution is 2.33. The van der Waals surface area contributed by atoms with Crippen molar-refractivity contribution in [2.24, 2.45) is 13.0 Å². The van der Waals surface area contributed by atoms with Crippen LogP contribution in [0.2, 0.25) is 6.32 Å². The molecule has 1 aliphatic rings. The molecule has 0 bridgehead atoms. The van der Waals surface area contributed by atoms with Gasteiger partial charge in [0.15, 0.2) is 0 Å². The van der Waals surface area contributed by atoms with Gasteiger partial charge in [-0.25, -0.2) is 14.0 Å². The standard InChI is InChI=1S/C25H35BFN3O7/c1-24(2,3)37-23(34)28-19(11-17-14-29(4)20-8-6-5-7-18(17)20)21(31)30-13-16(9-10-26(35)36)12-25(27,15-30)22(32)33/h5-8,14,16,19,35-36H,9-13,15H2,1-4H3,(H,28,34)(H,32,33)/t16-,19+,25+/m0/s1. The number of alkyl carbamates (subject to hydrolysis) is 1. The van der Waals surface area contributed by atoms with Gasteiger partial charge >= 0.3 is 19.2 Å². The number of carboxylic acids is 1. The zero-order chi connectivity index (χ0) is 27.5. The zero-order valence-electron chi connectivity index (χ0n) is 21.6. The number of para-hydroxylation sites is 1. The number of fused-ring (bicyclic) bond motifs is 1. The Morgan fingerprint density at radius 1 is 1.27 bits per heavy atom. The SMILES string of the molecule is Cn1cc(C[C@@H](NC(=O)OC(C)(C)C)C(=O)N2C[C@@H](CCB(O)O)C[C@](F)(C(=O)O)C2)c2ccccc21. The van der Waals surface area contributed by atoms with Gasteiger partial charge in [0, 0.05) is 37.1 Å². The monoisotopic (exact) mass is 519 g/mol. The fraction of sp³-hybridized carbons (Fsp3) is 0.560. The molecule has 1 fully saturated rings. The molecule has 1 aliphatic heterocycles. The zero-order valence-corrected chi connectivity index (χ0v) is 21.6. The van der Waals surface area contributed by atoms with Crippen molar-refractivity contribution in [2.75, 3.05) is 13.1 Å². The van der Waals surface area contributed by atoms with E-state index in [0.717, 1.165) is 21.4 Å². The van der Waals surface area contributed by atoms with Crippen molar-refractivity contribution in [1.29, 1.82) is 0 Å². The van der Waals surface area contributed by atoms with Gasteiger partial charge in [-0.1, -0.05) is 24.6 Å². The van der Waals surface area contributed by atoms with Crippen molar-refractivity contribution in [2.45, 2.75) is 63.7 Å². The molecule has 10 nitrogen and oxygen atoms in total. The first-order valence-corrected chi connectivity index (χ1v) is 12.3. The number of alkyl halides is 1. The van der Waals surface area contributed by atoms with Crippen molar-refractivity contribution >= 4 is 36.0 Å². The van der Waals surface area contributed by atoms with E-state index >= 15 is 4.39 Å². The number of hydrogen-bond acceptors (Lipinski definition) is 6. The summed E-state index contributed by atoms with van der Waals surface area (Å²) < 4.78 is 22.7. The van der Waals surface area contributed by atoms with E-state index in [2.05, 4.69) is 5.32 Å². The van der Waals surface area contributed by atoms with Crippen LogP contribution < -0.4 is 5.32 Å². The molecule has 0 aliphatic carbocycles. The van der Waals surface area contributed by atoms with E-state index in [9.17, 15) is 29.5 Å². The Bertz CT molecular complexity index is 1150. The molecule has 1 aromatic carbocycles. The number of carbonyl (C=O) groups is 3. The maximum Gasteiger partial charge on any atom is 0.451 e. The lowest BCUT2D eigenvalue weighted by atomic mass is 9.76. The number of nitrogens with zero attached hydrogens (tertiary/aromatic N) is 2. The summed E-state index contributed by atoms with van der Waals surface area (Å²) in [5.41, 5.74) is -1.82. The molecule has 3 atom stereocenters. The minimum absolute atomic E-state index is 0.0204. The first-order valence-electron chi connectivity index (χ1n) is 12.3. The second kappa shape index (κ2) is 11.1. The topological polar surface area (TPSA) is 141 Å². The molecule has 2 heterocycles. The molecule has 3 rings (SSSR count). The number of benzene rings is 1. The summed E-state index contributed by atoms with van der Waals surface area (Å²) in [4.78, 5) is 39.3. The summed E-state index contributed by atoms with van der Waals surface area (Å²) in [6, 6.07) is 6.41. The number of amides is 2. The molecular weight excluding hydrogens is 484 g/mol. The molecule has 2 amide bonds. The number of ether oxygens (including phenoxy) is 1. The summed E-state index contributed by atoms with van der Waals surface area (Å²) in [5, 5.41) is 31.5. The fourth-order valence-electron chi connectivity index (χ4n) is 4.84. The number of nitrogens with one attached hydrogen (secondary N) is 1. The van der Waals surface area contributed by atoms with Gasteiger partial charge in [0.05, 0.1) is 6.54 Å². The van der Waals surface area contributed by atoms with E-state index in [4.69, 9.17) is 4.74 Å². The first-order chi connectivity index (χ1) is 17.2. The van der Waals surface area contributed by atoms with Crippen LogP contribution in [0.4, 0.5) is 9.18 Å². The number of aryl methyl sites for hydroxylation is 1. The van der Waals surface area contributed by atoms with Crippen LogP contribution in [0.15, 0.2) is 30.5 Å². The number of rotatable bonds is 8. The van der Waals surface area contributed by atoms with Gasteiger partial charge < -0.3 is 34.7 Å². The Morgan fingerprint density at radius 2 is 1.95 bits per heavy atom. The van der Waals surface area contributed by atoms with Crippen LogP contribution in [0.3, 0.4) is 0 Å². The molecular formula is C25H35BFN3O7. The highest BCUT2D eigenvalue weighted by Gasteiger charge is 2.48. The summed E-state index contributed by atoms with van der Waals surface area (Å²) in [7, 11) is 0.233. The van der Waals surface area contributed by atoms with Crippen molar-refractivity contribution in [3.63, 3.8) is 0 Å². The lowest BCUT2D eigenvalue weighted by Gasteiger charge is -2.41. The second-order valence-corrected chi connectivity index (χ2v) is 10.8. The largest absolute Gasteiger partial charge is 0.479 e. The van der Waals surface area contributed by atoms with E-state index in [1.807, 2.05) is 42.1 Å². The van der Waals surface area contributed by atoms with E-state index in [1.165, 1.54) is 0 Å². The molecule has 0 unspecified atom stereocenters. The molecule has 12 heteroatoms. The predicted molar refractivity (Wildman–Crippen MR) is 136 cm³/mol. The highest BCUT2D eigenvalue weighted by molar-refractivity contribution is 6.40. The molecule has 1 aromatic heterocycles. The molecule has 1 saturated heterocycles. The maximum atomic E-state index is 15.4. The van der Waals surface area contributed by atoms with Crippen LogP contribution in [0.5, 0.6) is 0 Å². The van der Waals surface area contributed by atoms with Crippen LogP contribution in [0, 0.1) is 5.92 Å². The number of hydrogen-bond donors (Lipinski definition) is 4. The number of aromatic nitrogens is 1. The minimum atomic E-state index is -2.70. The Labute approximate surface area is 215 Å². The molecule has 37 heavy (non-hydrogen) atoms. The van der Waals surface area contributed by atoms with E-state index in [1.54, 1.807) is 20.8 Å². The van der Waals surface area contributed by atoms with Gasteiger partial charge in [0.1, 0.15) is 11.6 Å². The van der Waals surface area contributed by atoms with Crippen molar-refractivity contribution in [3.05, 3.63) is 36.0 Å². The van der Waals surface area contributed by atoms with Gasteiger partial charge in [-0.2, -0.15) is 0 Å². The van der Waals surface area contributed by atoms with Crippen molar-refractivity contribution < 1.29 is 38.7 Å². The average molecular weight is 519 g/mol. The number of carbonyl (C=O) groups excluding carboxylic acids is 2. The normalized spacial score (nSPS) is 20.9. The Balaban J connectivity index is 1.92. The predicted octanol–water partition coefficient (Wildman–Crippen LogP) is 2.12. The third kappa shape index (κ3) is 7.23. The summed E-state index contributed by atoms with van der Waals surface area (Å²) in [6.45, 7) is 4.39. The van der Waals surface area contributed by atoms with E-state index in [0.29, 0.717) is 0 Å². The van der Waals surface area contributed by atoms with E-state index in [-0.39, 0.29) is 32.1 Å². The van der Waals surface area contributed by atoms with Gasteiger partial charge in [-0.3, -0.25) is 4.79 Å². The third-order valence-electron chi connectivity index (χ3n) is 6.45. The lowest BCUT2D eigenvalue weighted by Crippen LogP contribution is -2.59. The quantitative estimate of drug-likeness (QED) is 0.392. The van der Waals surface area contributed by atoms with Crippen molar-refractivity contribution in [1.82, 2.24) is 14.8 Å². The highest BCUT2D eigenvalue weighted by atomic mass is 19.1. The number of halogens is 1. The number of piperidine rings is 1. The van der Waals surface area contributed by atoms with Crippen LogP contribution in [-0.2, 0) is 27.8 Å². The minimum Gasteiger partial charge on any atom is -0.479 e. The van der Waals surface area contributed by atoms with Gasteiger partial charge in [-0.05, 0) is 51.1 Å². The number of aliphatic carboxylic acids is 1. The van der Waals surface area contributed by atoms with Crippen LogP contribution >= 0.6 is 0 Å². The Kier molecular flexibility index (Phi) is 8.54. The maximum absolute atomic E-state index is 15.4. The number of likely N-dealkylation sites (tertiary alicyclic amines) is 1.